The van der Waals surface area contributed by atoms with Crippen LogP contribution in [0.5, 0.6) is 0 Å². The standard InChI is InChI=1S/C20H18N2S2/c1-21-13-7-3-5-9-17(13)23-19-12-20-16(11-15(19)21)22(2)14-8-4-6-10-18(14)24-20/h3-12,17,20H,1-2H3/q+2. The lowest BCUT2D eigenvalue weighted by Gasteiger charge is -2.27. The van der Waals surface area contributed by atoms with Crippen LogP contribution in [0.2, 0.25) is 0 Å². The number of likely N-dealkylation sites (N-methyl/N-ethyl adjacent to an activating group) is 1. The maximum Gasteiger partial charge on any atom is 0.225 e. The third-order valence-electron chi connectivity index (χ3n) is 4.96. The van der Waals surface area contributed by atoms with E-state index < -0.39 is 0 Å². The van der Waals surface area contributed by atoms with Gasteiger partial charge < -0.3 is 0 Å². The molecule has 2 unspecified atom stereocenters. The highest BCUT2D eigenvalue weighted by molar-refractivity contribution is 8.05. The molecule has 5 rings (SSSR count). The maximum atomic E-state index is 2.45. The highest BCUT2D eigenvalue weighted by atomic mass is 32.2. The van der Waals surface area contributed by atoms with Crippen LogP contribution in [0.1, 0.15) is 0 Å². The zero-order chi connectivity index (χ0) is 16.3. The lowest BCUT2D eigenvalue weighted by atomic mass is 10.1. The Balaban J connectivity index is 1.69. The highest BCUT2D eigenvalue weighted by Gasteiger charge is 2.41. The van der Waals surface area contributed by atoms with Gasteiger partial charge in [-0.05, 0) is 12.1 Å². The van der Waals surface area contributed by atoms with Crippen LogP contribution in [0, 0.1) is 0 Å². The number of nitrogens with zero attached hydrogens (tertiary/aromatic N) is 2. The normalized spacial score (nSPS) is 27.1. The second kappa shape index (κ2) is 5.36. The molecule has 2 aliphatic carbocycles. The van der Waals surface area contributed by atoms with Crippen molar-refractivity contribution in [3.63, 3.8) is 0 Å². The van der Waals surface area contributed by atoms with Crippen LogP contribution in [-0.2, 0) is 0 Å². The van der Waals surface area contributed by atoms with E-state index >= 15 is 0 Å². The molecule has 0 N–H and O–H groups in total. The molecule has 4 heteroatoms. The first-order chi connectivity index (χ1) is 11.7. The Bertz CT molecular complexity index is 944. The summed E-state index contributed by atoms with van der Waals surface area (Å²) in [7, 11) is 4.38. The number of hydrogen-bond donors (Lipinski definition) is 0. The fourth-order valence-corrected chi connectivity index (χ4v) is 6.37. The van der Waals surface area contributed by atoms with Crippen molar-refractivity contribution in [2.75, 3.05) is 14.1 Å². The minimum absolute atomic E-state index is 0.397. The SMILES string of the molecule is C[N+]1=C2C=CC=CC2SC2=CC3Sc4ccccc4[N+](C)=C3C=C21. The summed E-state index contributed by atoms with van der Waals surface area (Å²) in [5.74, 6) is 0. The summed E-state index contributed by atoms with van der Waals surface area (Å²) in [5.41, 5.74) is 5.37. The largest absolute Gasteiger partial charge is 0.225 e. The molecule has 0 saturated heterocycles. The van der Waals surface area contributed by atoms with Gasteiger partial charge in [0, 0.05) is 12.1 Å². The number of rotatable bonds is 0. The fourth-order valence-electron chi connectivity index (χ4n) is 3.65. The molecule has 2 nitrogen and oxygen atoms in total. The van der Waals surface area contributed by atoms with E-state index in [9.17, 15) is 0 Å². The molecule has 24 heavy (non-hydrogen) atoms. The van der Waals surface area contributed by atoms with Gasteiger partial charge in [0.2, 0.25) is 17.1 Å². The summed E-state index contributed by atoms with van der Waals surface area (Å²) in [5, 5.41) is 0.831. The van der Waals surface area contributed by atoms with Crippen LogP contribution in [-0.4, -0.2) is 45.2 Å². The molecule has 0 bridgehead atoms. The van der Waals surface area contributed by atoms with Crippen molar-refractivity contribution < 1.29 is 9.15 Å². The molecule has 0 spiro atoms. The molecule has 4 aliphatic rings. The number of benzene rings is 1. The quantitative estimate of drug-likeness (QED) is 0.653. The van der Waals surface area contributed by atoms with Crippen molar-refractivity contribution in [3.8, 4) is 0 Å². The number of para-hydroxylation sites is 1. The van der Waals surface area contributed by atoms with E-state index in [4.69, 9.17) is 0 Å². The Hall–Kier alpha value is -1.78. The van der Waals surface area contributed by atoms with Crippen LogP contribution in [0.25, 0.3) is 0 Å². The van der Waals surface area contributed by atoms with Gasteiger partial charge in [0.1, 0.15) is 24.6 Å². The molecule has 0 radical (unpaired) electrons. The van der Waals surface area contributed by atoms with E-state index in [-0.39, 0.29) is 0 Å². The number of thioether (sulfide) groups is 2. The predicted molar refractivity (Wildman–Crippen MR) is 104 cm³/mol. The number of fused-ring (bicyclic) bond motifs is 4. The smallest absolute Gasteiger partial charge is 0.196 e. The highest BCUT2D eigenvalue weighted by Crippen LogP contribution is 2.44. The lowest BCUT2D eigenvalue weighted by Crippen LogP contribution is -2.36. The molecule has 2 atom stereocenters. The van der Waals surface area contributed by atoms with Crippen molar-refractivity contribution >= 4 is 40.6 Å². The van der Waals surface area contributed by atoms with E-state index in [0.717, 1.165) is 0 Å². The first-order valence-electron chi connectivity index (χ1n) is 8.14. The molecule has 2 heterocycles. The second-order valence-electron chi connectivity index (χ2n) is 6.32. The van der Waals surface area contributed by atoms with Gasteiger partial charge in [-0.15, -0.1) is 23.5 Å². The minimum Gasteiger partial charge on any atom is -0.196 e. The fraction of sp³-hybridized carbons (Fsp3) is 0.200. The van der Waals surface area contributed by atoms with Crippen LogP contribution < -0.4 is 0 Å². The minimum atomic E-state index is 0.397. The Kier molecular flexibility index (Phi) is 3.25. The van der Waals surface area contributed by atoms with Crippen molar-refractivity contribution in [2.24, 2.45) is 0 Å². The first kappa shape index (κ1) is 14.6. The Morgan fingerprint density at radius 3 is 2.71 bits per heavy atom. The van der Waals surface area contributed by atoms with Gasteiger partial charge in [0.05, 0.1) is 15.9 Å². The van der Waals surface area contributed by atoms with Gasteiger partial charge in [0.15, 0.2) is 5.71 Å². The molecule has 2 aliphatic heterocycles. The average molecular weight is 351 g/mol. The van der Waals surface area contributed by atoms with Crippen molar-refractivity contribution in [1.82, 2.24) is 0 Å². The third-order valence-corrected chi connectivity index (χ3v) is 7.44. The first-order valence-corrected chi connectivity index (χ1v) is 9.90. The second-order valence-corrected chi connectivity index (χ2v) is 8.68. The van der Waals surface area contributed by atoms with Gasteiger partial charge in [-0.2, -0.15) is 9.15 Å². The summed E-state index contributed by atoms with van der Waals surface area (Å²) >= 11 is 3.93. The predicted octanol–water partition coefficient (Wildman–Crippen LogP) is 3.98. The zero-order valence-corrected chi connectivity index (χ0v) is 15.3. The summed E-state index contributed by atoms with van der Waals surface area (Å²) in [4.78, 5) is 2.77. The Morgan fingerprint density at radius 2 is 1.79 bits per heavy atom. The van der Waals surface area contributed by atoms with Gasteiger partial charge in [-0.3, -0.25) is 0 Å². The van der Waals surface area contributed by atoms with E-state index in [1.807, 2.05) is 23.5 Å². The molecular weight excluding hydrogens is 332 g/mol. The zero-order valence-electron chi connectivity index (χ0n) is 13.6. The van der Waals surface area contributed by atoms with Crippen molar-refractivity contribution in [3.05, 3.63) is 71.3 Å². The maximum absolute atomic E-state index is 2.45. The molecular formula is C20H18N2S2+2. The van der Waals surface area contributed by atoms with Crippen molar-refractivity contribution in [2.45, 2.75) is 15.4 Å². The Morgan fingerprint density at radius 1 is 0.917 bits per heavy atom. The van der Waals surface area contributed by atoms with Gasteiger partial charge >= 0.3 is 0 Å². The molecule has 0 fully saturated rings. The topological polar surface area (TPSA) is 6.02 Å². The van der Waals surface area contributed by atoms with Gasteiger partial charge in [-0.1, -0.05) is 30.4 Å². The average Bonchev–Trinajstić information content (AvgIpc) is 2.61. The number of hydrogen-bond acceptors (Lipinski definition) is 2. The summed E-state index contributed by atoms with van der Waals surface area (Å²) in [6.07, 6.45) is 13.7. The molecule has 1 aromatic carbocycles. The molecule has 1 aromatic rings. The van der Waals surface area contributed by atoms with E-state index in [2.05, 4.69) is 84.0 Å². The van der Waals surface area contributed by atoms with Crippen LogP contribution >= 0.6 is 23.5 Å². The van der Waals surface area contributed by atoms with Gasteiger partial charge in [-0.25, -0.2) is 0 Å². The van der Waals surface area contributed by atoms with Crippen LogP contribution in [0.4, 0.5) is 5.69 Å². The van der Waals surface area contributed by atoms with E-state index in [0.29, 0.717) is 10.5 Å². The van der Waals surface area contributed by atoms with E-state index in [1.54, 1.807) is 0 Å². The van der Waals surface area contributed by atoms with E-state index in [1.165, 1.54) is 32.6 Å². The number of allylic oxidation sites excluding steroid dienone is 4. The molecule has 118 valence electrons. The summed E-state index contributed by atoms with van der Waals surface area (Å²) < 4.78 is 4.71. The third kappa shape index (κ3) is 2.06. The monoisotopic (exact) mass is 350 g/mol. The lowest BCUT2D eigenvalue weighted by molar-refractivity contribution is -0.440. The molecule has 0 aromatic heterocycles. The molecule has 0 saturated carbocycles. The molecule has 0 amide bonds. The van der Waals surface area contributed by atoms with Crippen LogP contribution in [0.3, 0.4) is 0 Å². The van der Waals surface area contributed by atoms with Crippen LogP contribution in [0.15, 0.2) is 76.2 Å². The summed E-state index contributed by atoms with van der Waals surface area (Å²) in [6.45, 7) is 0. The van der Waals surface area contributed by atoms with Gasteiger partial charge in [0.25, 0.3) is 0 Å². The Labute approximate surface area is 150 Å². The summed E-state index contributed by atoms with van der Waals surface area (Å²) in [6, 6.07) is 8.69. The van der Waals surface area contributed by atoms with Crippen molar-refractivity contribution in [1.29, 1.82) is 0 Å².